The van der Waals surface area contributed by atoms with Crippen molar-refractivity contribution in [2.45, 2.75) is 57.2 Å². The number of amides is 1. The summed E-state index contributed by atoms with van der Waals surface area (Å²) in [4.78, 5) is 16.3. The molecule has 2 aromatic rings. The summed E-state index contributed by atoms with van der Waals surface area (Å²) in [6, 6.07) is 7.12. The molecule has 5 nitrogen and oxygen atoms in total. The van der Waals surface area contributed by atoms with Gasteiger partial charge < -0.3 is 5.32 Å². The molecule has 1 saturated carbocycles. The lowest BCUT2D eigenvalue weighted by Crippen LogP contribution is -2.44. The van der Waals surface area contributed by atoms with Gasteiger partial charge in [0, 0.05) is 36.8 Å². The van der Waals surface area contributed by atoms with Crippen molar-refractivity contribution >= 4 is 17.2 Å². The third-order valence-corrected chi connectivity index (χ3v) is 6.38. The van der Waals surface area contributed by atoms with Crippen LogP contribution in [0.5, 0.6) is 0 Å². The van der Waals surface area contributed by atoms with E-state index in [0.29, 0.717) is 19.0 Å². The Labute approximate surface area is 153 Å². The van der Waals surface area contributed by atoms with Crippen LogP contribution < -0.4 is 5.32 Å². The molecular formula is C19H26N4OS. The van der Waals surface area contributed by atoms with Crippen molar-refractivity contribution in [3.05, 3.63) is 40.3 Å². The molecule has 0 saturated heterocycles. The van der Waals surface area contributed by atoms with Crippen molar-refractivity contribution in [1.29, 1.82) is 0 Å². The van der Waals surface area contributed by atoms with Gasteiger partial charge in [0.05, 0.1) is 18.2 Å². The molecule has 1 aliphatic heterocycles. The molecule has 1 aliphatic carbocycles. The van der Waals surface area contributed by atoms with E-state index in [0.717, 1.165) is 19.5 Å². The van der Waals surface area contributed by atoms with Crippen molar-refractivity contribution in [2.75, 3.05) is 13.1 Å². The SMILES string of the molecule is O=C(CC1CN(C2CCCC2)Cc2ccnn21)NCCc1cccs1. The second-order valence-electron chi connectivity index (χ2n) is 7.17. The first-order valence-electron chi connectivity index (χ1n) is 9.35. The standard InChI is InChI=1S/C19H26N4OS/c24-19(20-9-8-18-6-3-11-25-18)12-17-14-22(15-4-1-2-5-15)13-16-7-10-21-23(16)17/h3,6-7,10-11,15,17H,1-2,4-5,8-9,12-14H2,(H,20,24). The zero-order chi connectivity index (χ0) is 17.1. The van der Waals surface area contributed by atoms with Gasteiger partial charge in [-0.3, -0.25) is 14.4 Å². The van der Waals surface area contributed by atoms with Gasteiger partial charge in [0.1, 0.15) is 0 Å². The number of thiophene rings is 1. The molecule has 1 N–H and O–H groups in total. The summed E-state index contributed by atoms with van der Waals surface area (Å²) < 4.78 is 2.07. The summed E-state index contributed by atoms with van der Waals surface area (Å²) in [7, 11) is 0. The van der Waals surface area contributed by atoms with Crippen LogP contribution in [0.15, 0.2) is 29.8 Å². The molecule has 0 aromatic carbocycles. The van der Waals surface area contributed by atoms with Gasteiger partial charge in [0.15, 0.2) is 0 Å². The van der Waals surface area contributed by atoms with E-state index < -0.39 is 0 Å². The molecule has 4 rings (SSSR count). The van der Waals surface area contributed by atoms with Gasteiger partial charge in [-0.1, -0.05) is 18.9 Å². The van der Waals surface area contributed by atoms with Crippen molar-refractivity contribution < 1.29 is 4.79 Å². The number of rotatable bonds is 6. The van der Waals surface area contributed by atoms with Crippen LogP contribution in [0.25, 0.3) is 0 Å². The molecule has 25 heavy (non-hydrogen) atoms. The van der Waals surface area contributed by atoms with Gasteiger partial charge >= 0.3 is 0 Å². The van der Waals surface area contributed by atoms with E-state index in [2.05, 4.69) is 43.6 Å². The number of nitrogens with zero attached hydrogens (tertiary/aromatic N) is 3. The van der Waals surface area contributed by atoms with E-state index in [4.69, 9.17) is 0 Å². The number of nitrogens with one attached hydrogen (secondary N) is 1. The summed E-state index contributed by atoms with van der Waals surface area (Å²) in [5.74, 6) is 0.135. The van der Waals surface area contributed by atoms with Crippen molar-refractivity contribution in [3.63, 3.8) is 0 Å². The Morgan fingerprint density at radius 2 is 2.20 bits per heavy atom. The largest absolute Gasteiger partial charge is 0.356 e. The molecular weight excluding hydrogens is 332 g/mol. The van der Waals surface area contributed by atoms with E-state index in [9.17, 15) is 4.79 Å². The quantitative estimate of drug-likeness (QED) is 0.864. The third-order valence-electron chi connectivity index (χ3n) is 5.44. The first-order valence-corrected chi connectivity index (χ1v) is 10.2. The molecule has 0 spiro atoms. The first kappa shape index (κ1) is 16.8. The Hall–Kier alpha value is -1.66. The molecule has 1 fully saturated rings. The summed E-state index contributed by atoms with van der Waals surface area (Å²) in [5.41, 5.74) is 1.24. The summed E-state index contributed by atoms with van der Waals surface area (Å²) in [6.07, 6.45) is 8.58. The minimum Gasteiger partial charge on any atom is -0.356 e. The molecule has 1 amide bonds. The maximum Gasteiger partial charge on any atom is 0.222 e. The van der Waals surface area contributed by atoms with Crippen molar-refractivity contribution in [2.24, 2.45) is 0 Å². The number of carbonyl (C=O) groups excluding carboxylic acids is 1. The van der Waals surface area contributed by atoms with Crippen LogP contribution in [0.2, 0.25) is 0 Å². The number of hydrogen-bond acceptors (Lipinski definition) is 4. The van der Waals surface area contributed by atoms with Crippen LogP contribution in [0.1, 0.15) is 48.7 Å². The molecule has 6 heteroatoms. The van der Waals surface area contributed by atoms with Gasteiger partial charge in [-0.2, -0.15) is 5.10 Å². The van der Waals surface area contributed by atoms with Gasteiger partial charge in [-0.15, -0.1) is 11.3 Å². The lowest BCUT2D eigenvalue weighted by atomic mass is 10.1. The van der Waals surface area contributed by atoms with Gasteiger partial charge in [-0.25, -0.2) is 0 Å². The van der Waals surface area contributed by atoms with E-state index >= 15 is 0 Å². The maximum absolute atomic E-state index is 12.4. The van der Waals surface area contributed by atoms with Crippen LogP contribution in [-0.4, -0.2) is 39.7 Å². The average Bonchev–Trinajstić information content (AvgIpc) is 3.36. The predicted molar refractivity (Wildman–Crippen MR) is 99.6 cm³/mol. The van der Waals surface area contributed by atoms with E-state index in [1.54, 1.807) is 11.3 Å². The van der Waals surface area contributed by atoms with Crippen LogP contribution in [0.3, 0.4) is 0 Å². The molecule has 3 heterocycles. The summed E-state index contributed by atoms with van der Waals surface area (Å²) in [5, 5.41) is 9.65. The minimum absolute atomic E-state index is 0.135. The van der Waals surface area contributed by atoms with Crippen LogP contribution >= 0.6 is 11.3 Å². The Morgan fingerprint density at radius 1 is 1.32 bits per heavy atom. The number of aromatic nitrogens is 2. The van der Waals surface area contributed by atoms with Crippen LogP contribution in [-0.2, 0) is 17.8 Å². The van der Waals surface area contributed by atoms with Crippen LogP contribution in [0.4, 0.5) is 0 Å². The lowest BCUT2D eigenvalue weighted by molar-refractivity contribution is -0.122. The van der Waals surface area contributed by atoms with Crippen molar-refractivity contribution in [1.82, 2.24) is 20.0 Å². The number of hydrogen-bond donors (Lipinski definition) is 1. The van der Waals surface area contributed by atoms with Gasteiger partial charge in [-0.05, 0) is 36.8 Å². The molecule has 2 aliphatic rings. The van der Waals surface area contributed by atoms with Crippen molar-refractivity contribution in [3.8, 4) is 0 Å². The topological polar surface area (TPSA) is 50.2 Å². The fourth-order valence-corrected chi connectivity index (χ4v) is 4.89. The molecule has 134 valence electrons. The Kier molecular flexibility index (Phi) is 5.17. The smallest absolute Gasteiger partial charge is 0.222 e. The fraction of sp³-hybridized carbons (Fsp3) is 0.579. The molecule has 0 bridgehead atoms. The van der Waals surface area contributed by atoms with Gasteiger partial charge in [0.25, 0.3) is 0 Å². The number of carbonyl (C=O) groups is 1. The van der Waals surface area contributed by atoms with Gasteiger partial charge in [0.2, 0.25) is 5.91 Å². The summed E-state index contributed by atoms with van der Waals surface area (Å²) >= 11 is 1.74. The van der Waals surface area contributed by atoms with E-state index in [1.807, 2.05) is 6.20 Å². The molecule has 1 atom stereocenters. The zero-order valence-corrected chi connectivity index (χ0v) is 15.4. The normalized spacial score (nSPS) is 21.4. The zero-order valence-electron chi connectivity index (χ0n) is 14.6. The third kappa shape index (κ3) is 3.96. The highest BCUT2D eigenvalue weighted by molar-refractivity contribution is 7.09. The van der Waals surface area contributed by atoms with Crippen LogP contribution in [0, 0.1) is 0 Å². The Balaban J connectivity index is 1.34. The monoisotopic (exact) mass is 358 g/mol. The second-order valence-corrected chi connectivity index (χ2v) is 8.20. The summed E-state index contributed by atoms with van der Waals surface area (Å²) in [6.45, 7) is 2.63. The maximum atomic E-state index is 12.4. The average molecular weight is 359 g/mol. The highest BCUT2D eigenvalue weighted by Crippen LogP contribution is 2.30. The number of fused-ring (bicyclic) bond motifs is 1. The Morgan fingerprint density at radius 3 is 3.00 bits per heavy atom. The fourth-order valence-electron chi connectivity index (χ4n) is 4.18. The first-order chi connectivity index (χ1) is 12.3. The predicted octanol–water partition coefficient (Wildman–Crippen LogP) is 2.99. The minimum atomic E-state index is 0.135. The highest BCUT2D eigenvalue weighted by atomic mass is 32.1. The van der Waals surface area contributed by atoms with E-state index in [1.165, 1.54) is 36.3 Å². The molecule has 2 aromatic heterocycles. The lowest BCUT2D eigenvalue weighted by Gasteiger charge is -2.37. The van der Waals surface area contributed by atoms with E-state index in [-0.39, 0.29) is 11.9 Å². The second kappa shape index (κ2) is 7.70. The Bertz CT molecular complexity index is 690. The molecule has 0 radical (unpaired) electrons. The highest BCUT2D eigenvalue weighted by Gasteiger charge is 2.32. The molecule has 1 unspecified atom stereocenters.